The molecule has 3 amide bonds. The van der Waals surface area contributed by atoms with E-state index in [2.05, 4.69) is 0 Å². The number of fused-ring (bicyclic) bond motifs is 2. The first-order valence-corrected chi connectivity index (χ1v) is 14.8. The van der Waals surface area contributed by atoms with E-state index in [-0.39, 0.29) is 44.5 Å². The Bertz CT molecular complexity index is 1480. The van der Waals surface area contributed by atoms with Gasteiger partial charge in [0.05, 0.1) is 25.3 Å². The Morgan fingerprint density at radius 3 is 2.28 bits per heavy atom. The summed E-state index contributed by atoms with van der Waals surface area (Å²) in [6.07, 6.45) is 1.13. The number of hydrogen-bond acceptors (Lipinski definition) is 5. The van der Waals surface area contributed by atoms with Crippen molar-refractivity contribution in [1.29, 1.82) is 0 Å². The zero-order valence-electron chi connectivity index (χ0n) is 24.4. The summed E-state index contributed by atoms with van der Waals surface area (Å²) in [5.74, 6) is -1.65. The van der Waals surface area contributed by atoms with Crippen LogP contribution >= 0.6 is 0 Å². The molecule has 9 nitrogen and oxygen atoms in total. The second-order valence-electron chi connectivity index (χ2n) is 11.1. The molecule has 2 aliphatic rings. The number of anilines is 1. The summed E-state index contributed by atoms with van der Waals surface area (Å²) in [6, 6.07) is 23.4. The van der Waals surface area contributed by atoms with Crippen LogP contribution in [0.5, 0.6) is 0 Å². The highest BCUT2D eigenvalue weighted by Gasteiger charge is 2.42. The minimum absolute atomic E-state index is 0.187. The van der Waals surface area contributed by atoms with Crippen LogP contribution in [0.3, 0.4) is 0 Å². The number of carbonyl (C=O) groups excluding carboxylic acids is 3. The fraction of sp³-hybridized carbons (Fsp3) is 0.353. The van der Waals surface area contributed by atoms with E-state index in [1.807, 2.05) is 79.7 Å². The van der Waals surface area contributed by atoms with Gasteiger partial charge in [0.25, 0.3) is 0 Å². The van der Waals surface area contributed by atoms with Gasteiger partial charge in [0.15, 0.2) is 0 Å². The number of aliphatic carboxylic acids is 1. The van der Waals surface area contributed by atoms with Crippen molar-refractivity contribution in [3.8, 4) is 0 Å². The predicted octanol–water partition coefficient (Wildman–Crippen LogP) is 4.46. The summed E-state index contributed by atoms with van der Waals surface area (Å²) in [4.78, 5) is 57.7. The molecule has 9 heteroatoms. The maximum Gasteiger partial charge on any atom is 0.415 e. The van der Waals surface area contributed by atoms with Crippen molar-refractivity contribution in [2.24, 2.45) is 0 Å². The molecule has 0 fully saturated rings. The summed E-state index contributed by atoms with van der Waals surface area (Å²) in [5.41, 5.74) is 4.50. The Kier molecular flexibility index (Phi) is 9.39. The molecule has 2 atom stereocenters. The number of carbonyl (C=O) groups is 4. The van der Waals surface area contributed by atoms with Crippen LogP contribution in [0.25, 0.3) is 0 Å². The number of amides is 3. The summed E-state index contributed by atoms with van der Waals surface area (Å²) in [5, 5.41) is 9.61. The first-order valence-electron chi connectivity index (χ1n) is 14.8. The third kappa shape index (κ3) is 6.88. The molecular formula is C34H37N3O6. The Balaban J connectivity index is 1.42. The van der Waals surface area contributed by atoms with Crippen LogP contribution in [0.1, 0.15) is 42.0 Å². The monoisotopic (exact) mass is 583 g/mol. The second-order valence-corrected chi connectivity index (χ2v) is 11.1. The highest BCUT2D eigenvalue weighted by Crippen LogP contribution is 2.34. The van der Waals surface area contributed by atoms with Crippen molar-refractivity contribution >= 4 is 29.6 Å². The molecule has 5 rings (SSSR count). The average Bonchev–Trinajstić information content (AvgIpc) is 3.41. The van der Waals surface area contributed by atoms with Gasteiger partial charge in [0, 0.05) is 25.6 Å². The Morgan fingerprint density at radius 1 is 0.884 bits per heavy atom. The quantitative estimate of drug-likeness (QED) is 0.378. The number of ether oxygens (including phenoxy) is 1. The molecule has 0 aliphatic carbocycles. The zero-order chi connectivity index (χ0) is 30.3. The van der Waals surface area contributed by atoms with Crippen molar-refractivity contribution < 1.29 is 29.0 Å². The van der Waals surface area contributed by atoms with Crippen LogP contribution in [0.2, 0.25) is 0 Å². The molecule has 2 aliphatic heterocycles. The second kappa shape index (κ2) is 13.5. The molecule has 0 spiro atoms. The molecule has 0 aromatic heterocycles. The average molecular weight is 584 g/mol. The minimum Gasteiger partial charge on any atom is -0.481 e. The van der Waals surface area contributed by atoms with Crippen molar-refractivity contribution in [3.05, 3.63) is 101 Å². The molecule has 0 radical (unpaired) electrons. The largest absolute Gasteiger partial charge is 0.481 e. The van der Waals surface area contributed by atoms with Gasteiger partial charge in [-0.15, -0.1) is 0 Å². The van der Waals surface area contributed by atoms with E-state index >= 15 is 0 Å². The van der Waals surface area contributed by atoms with E-state index in [1.54, 1.807) is 11.0 Å². The normalized spacial score (nSPS) is 17.1. The lowest BCUT2D eigenvalue weighted by Crippen LogP contribution is -2.54. The lowest BCUT2D eigenvalue weighted by molar-refractivity contribution is -0.145. The van der Waals surface area contributed by atoms with E-state index in [4.69, 9.17) is 4.74 Å². The van der Waals surface area contributed by atoms with E-state index < -0.39 is 24.1 Å². The third-order valence-electron chi connectivity index (χ3n) is 8.12. The number of para-hydroxylation sites is 1. The molecule has 43 heavy (non-hydrogen) atoms. The Labute approximate surface area is 251 Å². The lowest BCUT2D eigenvalue weighted by atomic mass is 9.92. The number of hydrogen-bond donors (Lipinski definition) is 1. The topological polar surface area (TPSA) is 107 Å². The molecule has 2 heterocycles. The lowest BCUT2D eigenvalue weighted by Gasteiger charge is -2.38. The van der Waals surface area contributed by atoms with Crippen LogP contribution in [0, 0.1) is 0 Å². The fourth-order valence-electron chi connectivity index (χ4n) is 5.97. The molecular weight excluding hydrogens is 546 g/mol. The van der Waals surface area contributed by atoms with Crippen LogP contribution in [-0.4, -0.2) is 70.6 Å². The Hall–Kier alpha value is -4.66. The molecule has 0 saturated carbocycles. The van der Waals surface area contributed by atoms with E-state index in [1.165, 1.54) is 9.80 Å². The molecule has 1 unspecified atom stereocenters. The van der Waals surface area contributed by atoms with Gasteiger partial charge < -0.3 is 19.6 Å². The molecule has 3 aromatic rings. The highest BCUT2D eigenvalue weighted by molar-refractivity contribution is 6.01. The van der Waals surface area contributed by atoms with Gasteiger partial charge in [-0.2, -0.15) is 0 Å². The third-order valence-corrected chi connectivity index (χ3v) is 8.12. The van der Waals surface area contributed by atoms with E-state index in [0.717, 1.165) is 22.3 Å². The zero-order valence-corrected chi connectivity index (χ0v) is 24.4. The number of carboxylic acid groups (broad SMARTS) is 1. The number of benzene rings is 3. The first kappa shape index (κ1) is 29.8. The summed E-state index contributed by atoms with van der Waals surface area (Å²) in [7, 11) is 0. The molecule has 0 saturated heterocycles. The standard InChI is InChI=1S/C34H37N3O6/c1-2-18-43-34(42)37-29-15-9-8-13-26(29)20-30(37)33(41)35(17-16-24-10-4-3-5-11-24)23-31(38)36-22-27-14-7-6-12-25(27)19-28(36)21-32(39)40/h3-15,28,30H,2,16-23H2,1H3,(H,39,40)/t28?,30-/m1/s1. The van der Waals surface area contributed by atoms with Gasteiger partial charge in [-0.05, 0) is 47.6 Å². The molecule has 224 valence electrons. The SMILES string of the molecule is CCCOC(=O)N1c2ccccc2C[C@@H]1C(=O)N(CCc1ccccc1)CC(=O)N1Cc2ccccc2CC1CC(=O)O. The van der Waals surface area contributed by atoms with Crippen molar-refractivity contribution in [2.45, 2.75) is 57.7 Å². The van der Waals surface area contributed by atoms with Gasteiger partial charge in [0.2, 0.25) is 11.8 Å². The first-order chi connectivity index (χ1) is 20.9. The van der Waals surface area contributed by atoms with Crippen molar-refractivity contribution in [3.63, 3.8) is 0 Å². The van der Waals surface area contributed by atoms with Crippen LogP contribution < -0.4 is 4.90 Å². The van der Waals surface area contributed by atoms with Crippen molar-refractivity contribution in [1.82, 2.24) is 9.80 Å². The van der Waals surface area contributed by atoms with Gasteiger partial charge >= 0.3 is 12.1 Å². The maximum atomic E-state index is 14.3. The van der Waals surface area contributed by atoms with Gasteiger partial charge in [-0.3, -0.25) is 19.3 Å². The smallest absolute Gasteiger partial charge is 0.415 e. The van der Waals surface area contributed by atoms with Gasteiger partial charge in [-0.25, -0.2) is 4.79 Å². The number of nitrogens with zero attached hydrogens (tertiary/aromatic N) is 3. The van der Waals surface area contributed by atoms with Gasteiger partial charge in [-0.1, -0.05) is 79.7 Å². The summed E-state index contributed by atoms with van der Waals surface area (Å²) < 4.78 is 5.47. The predicted molar refractivity (Wildman–Crippen MR) is 162 cm³/mol. The maximum absolute atomic E-state index is 14.3. The summed E-state index contributed by atoms with van der Waals surface area (Å²) in [6.45, 7) is 2.44. The van der Waals surface area contributed by atoms with Crippen LogP contribution in [-0.2, 0) is 44.9 Å². The van der Waals surface area contributed by atoms with Crippen LogP contribution in [0.4, 0.5) is 10.5 Å². The van der Waals surface area contributed by atoms with Crippen molar-refractivity contribution in [2.75, 3.05) is 24.6 Å². The highest BCUT2D eigenvalue weighted by atomic mass is 16.6. The van der Waals surface area contributed by atoms with Gasteiger partial charge in [0.1, 0.15) is 6.04 Å². The van der Waals surface area contributed by atoms with Crippen LogP contribution in [0.15, 0.2) is 78.9 Å². The molecule has 3 aromatic carbocycles. The van der Waals surface area contributed by atoms with E-state index in [9.17, 15) is 24.3 Å². The Morgan fingerprint density at radius 2 is 1.56 bits per heavy atom. The number of carboxylic acids is 1. The van der Waals surface area contributed by atoms with E-state index in [0.29, 0.717) is 31.4 Å². The number of rotatable bonds is 10. The fourth-order valence-corrected chi connectivity index (χ4v) is 5.97. The minimum atomic E-state index is -0.982. The summed E-state index contributed by atoms with van der Waals surface area (Å²) >= 11 is 0. The molecule has 0 bridgehead atoms. The molecule has 1 N–H and O–H groups in total.